The number of methoxy groups -OCH3 is 2. The molecular formula is C22H28N2O3. The van der Waals surface area contributed by atoms with Crippen molar-refractivity contribution < 1.29 is 14.3 Å². The standard InChI is InChI=1S/C22H28N2O3/c1-16-5-4-6-17(13-16)15-24-11-9-18(10-12-24)22(25)23-20-8-7-19(26-2)14-21(20)27-3/h4-8,13-14,18H,9-12,15H2,1-3H3,(H,23,25). The van der Waals surface area contributed by atoms with Gasteiger partial charge >= 0.3 is 0 Å². The molecule has 1 amide bonds. The van der Waals surface area contributed by atoms with Crippen LogP contribution in [0.1, 0.15) is 24.0 Å². The summed E-state index contributed by atoms with van der Waals surface area (Å²) in [5.74, 6) is 1.41. The maximum atomic E-state index is 12.7. The number of ether oxygens (including phenoxy) is 2. The molecule has 0 bridgehead atoms. The molecule has 5 nitrogen and oxygen atoms in total. The predicted octanol–water partition coefficient (Wildman–Crippen LogP) is 3.86. The first-order valence-electron chi connectivity index (χ1n) is 9.40. The number of anilines is 1. The second-order valence-corrected chi connectivity index (χ2v) is 7.09. The molecule has 1 heterocycles. The summed E-state index contributed by atoms with van der Waals surface area (Å²) < 4.78 is 10.6. The van der Waals surface area contributed by atoms with E-state index in [1.807, 2.05) is 12.1 Å². The molecule has 0 aliphatic carbocycles. The van der Waals surface area contributed by atoms with Crippen LogP contribution in [0.3, 0.4) is 0 Å². The average molecular weight is 368 g/mol. The van der Waals surface area contributed by atoms with Crippen molar-refractivity contribution in [3.8, 4) is 11.5 Å². The molecule has 2 aromatic rings. The highest BCUT2D eigenvalue weighted by atomic mass is 16.5. The zero-order chi connectivity index (χ0) is 19.2. The molecule has 1 aliphatic heterocycles. The lowest BCUT2D eigenvalue weighted by Gasteiger charge is -2.31. The normalized spacial score (nSPS) is 15.4. The van der Waals surface area contributed by atoms with Gasteiger partial charge in [0, 0.05) is 18.5 Å². The first kappa shape index (κ1) is 19.2. The van der Waals surface area contributed by atoms with Gasteiger partial charge in [0.2, 0.25) is 5.91 Å². The van der Waals surface area contributed by atoms with E-state index >= 15 is 0 Å². The van der Waals surface area contributed by atoms with Gasteiger partial charge in [-0.05, 0) is 50.6 Å². The zero-order valence-electron chi connectivity index (χ0n) is 16.3. The number of nitrogens with zero attached hydrogens (tertiary/aromatic N) is 1. The molecule has 0 spiro atoms. The van der Waals surface area contributed by atoms with Crippen molar-refractivity contribution in [1.29, 1.82) is 0 Å². The predicted molar refractivity (Wildman–Crippen MR) is 107 cm³/mol. The topological polar surface area (TPSA) is 50.8 Å². The van der Waals surface area contributed by atoms with Gasteiger partial charge in [-0.15, -0.1) is 0 Å². The van der Waals surface area contributed by atoms with Gasteiger partial charge in [0.05, 0.1) is 19.9 Å². The molecule has 0 saturated carbocycles. The van der Waals surface area contributed by atoms with Crippen LogP contribution in [0.4, 0.5) is 5.69 Å². The largest absolute Gasteiger partial charge is 0.497 e. The third-order valence-electron chi connectivity index (χ3n) is 5.11. The van der Waals surface area contributed by atoms with E-state index in [1.54, 1.807) is 20.3 Å². The van der Waals surface area contributed by atoms with Crippen molar-refractivity contribution >= 4 is 11.6 Å². The molecule has 5 heteroatoms. The lowest BCUT2D eigenvalue weighted by Crippen LogP contribution is -2.37. The summed E-state index contributed by atoms with van der Waals surface area (Å²) >= 11 is 0. The summed E-state index contributed by atoms with van der Waals surface area (Å²) in [5.41, 5.74) is 3.31. The van der Waals surface area contributed by atoms with Crippen LogP contribution in [-0.2, 0) is 11.3 Å². The van der Waals surface area contributed by atoms with Crippen LogP contribution in [0.25, 0.3) is 0 Å². The number of amides is 1. The summed E-state index contributed by atoms with van der Waals surface area (Å²) in [6.07, 6.45) is 1.74. The molecular weight excluding hydrogens is 340 g/mol. The Bertz CT molecular complexity index is 783. The second kappa shape index (κ2) is 8.91. The van der Waals surface area contributed by atoms with E-state index in [-0.39, 0.29) is 11.8 Å². The summed E-state index contributed by atoms with van der Waals surface area (Å²) in [7, 11) is 3.20. The van der Waals surface area contributed by atoms with E-state index in [4.69, 9.17) is 9.47 Å². The Hall–Kier alpha value is -2.53. The van der Waals surface area contributed by atoms with E-state index < -0.39 is 0 Å². The van der Waals surface area contributed by atoms with Crippen LogP contribution >= 0.6 is 0 Å². The smallest absolute Gasteiger partial charge is 0.227 e. The van der Waals surface area contributed by atoms with Crippen molar-refractivity contribution in [3.05, 3.63) is 53.6 Å². The summed E-state index contributed by atoms with van der Waals surface area (Å²) in [6, 6.07) is 14.0. The van der Waals surface area contributed by atoms with E-state index in [0.717, 1.165) is 32.5 Å². The number of carbonyl (C=O) groups is 1. The van der Waals surface area contributed by atoms with Gasteiger partial charge in [0.15, 0.2) is 0 Å². The van der Waals surface area contributed by atoms with Gasteiger partial charge in [-0.25, -0.2) is 0 Å². The maximum absolute atomic E-state index is 12.7. The molecule has 2 aromatic carbocycles. The molecule has 0 atom stereocenters. The zero-order valence-corrected chi connectivity index (χ0v) is 16.3. The number of piperidine rings is 1. The minimum atomic E-state index is 0.0329. The third kappa shape index (κ3) is 5.01. The molecule has 1 aliphatic rings. The molecule has 0 radical (unpaired) electrons. The number of aryl methyl sites for hydroxylation is 1. The van der Waals surface area contributed by atoms with E-state index in [2.05, 4.69) is 41.4 Å². The quantitative estimate of drug-likeness (QED) is 0.841. The molecule has 0 aromatic heterocycles. The van der Waals surface area contributed by atoms with Crippen molar-refractivity contribution in [2.75, 3.05) is 32.6 Å². The summed E-state index contributed by atoms with van der Waals surface area (Å²) in [6.45, 7) is 4.94. The van der Waals surface area contributed by atoms with Crippen LogP contribution in [0.5, 0.6) is 11.5 Å². The molecule has 1 fully saturated rings. The van der Waals surface area contributed by atoms with Gasteiger partial charge in [-0.3, -0.25) is 9.69 Å². The molecule has 1 N–H and O–H groups in total. The number of nitrogens with one attached hydrogen (secondary N) is 1. The fourth-order valence-corrected chi connectivity index (χ4v) is 3.56. The summed E-state index contributed by atoms with van der Waals surface area (Å²) in [4.78, 5) is 15.1. The van der Waals surface area contributed by atoms with Crippen molar-refractivity contribution in [3.63, 3.8) is 0 Å². The Morgan fingerprint density at radius 2 is 1.89 bits per heavy atom. The number of likely N-dealkylation sites (tertiary alicyclic amines) is 1. The minimum absolute atomic E-state index is 0.0329. The van der Waals surface area contributed by atoms with Crippen LogP contribution in [-0.4, -0.2) is 38.1 Å². The fraction of sp³-hybridized carbons (Fsp3) is 0.409. The number of carbonyl (C=O) groups excluding carboxylic acids is 1. The highest BCUT2D eigenvalue weighted by Crippen LogP contribution is 2.30. The van der Waals surface area contributed by atoms with Crippen LogP contribution in [0.15, 0.2) is 42.5 Å². The first-order valence-corrected chi connectivity index (χ1v) is 9.40. The number of hydrogen-bond donors (Lipinski definition) is 1. The average Bonchev–Trinajstić information content (AvgIpc) is 2.69. The van der Waals surface area contributed by atoms with E-state index in [9.17, 15) is 4.79 Å². The monoisotopic (exact) mass is 368 g/mol. The van der Waals surface area contributed by atoms with Crippen LogP contribution < -0.4 is 14.8 Å². The Balaban J connectivity index is 1.54. The molecule has 0 unspecified atom stereocenters. The van der Waals surface area contributed by atoms with Crippen molar-refractivity contribution in [1.82, 2.24) is 4.90 Å². The Labute approximate surface area is 161 Å². The number of benzene rings is 2. The number of hydrogen-bond acceptors (Lipinski definition) is 4. The molecule has 3 rings (SSSR count). The lowest BCUT2D eigenvalue weighted by atomic mass is 9.95. The van der Waals surface area contributed by atoms with Crippen LogP contribution in [0, 0.1) is 12.8 Å². The Kier molecular flexibility index (Phi) is 6.35. The van der Waals surface area contributed by atoms with Crippen molar-refractivity contribution in [2.24, 2.45) is 5.92 Å². The highest BCUT2D eigenvalue weighted by Gasteiger charge is 2.25. The second-order valence-electron chi connectivity index (χ2n) is 7.09. The highest BCUT2D eigenvalue weighted by molar-refractivity contribution is 5.94. The molecule has 27 heavy (non-hydrogen) atoms. The minimum Gasteiger partial charge on any atom is -0.497 e. The first-order chi connectivity index (χ1) is 13.1. The SMILES string of the molecule is COc1ccc(NC(=O)C2CCN(Cc3cccc(C)c3)CC2)c(OC)c1. The van der Waals surface area contributed by atoms with Gasteiger partial charge in [-0.2, -0.15) is 0 Å². The van der Waals surface area contributed by atoms with Crippen LogP contribution in [0.2, 0.25) is 0 Å². The number of rotatable bonds is 6. The van der Waals surface area contributed by atoms with Gasteiger partial charge in [0.1, 0.15) is 11.5 Å². The van der Waals surface area contributed by atoms with E-state index in [1.165, 1.54) is 11.1 Å². The van der Waals surface area contributed by atoms with E-state index in [0.29, 0.717) is 17.2 Å². The molecule has 1 saturated heterocycles. The van der Waals surface area contributed by atoms with Crippen molar-refractivity contribution in [2.45, 2.75) is 26.3 Å². The van der Waals surface area contributed by atoms with Gasteiger partial charge in [-0.1, -0.05) is 29.8 Å². The maximum Gasteiger partial charge on any atom is 0.227 e. The molecule has 144 valence electrons. The Morgan fingerprint density at radius 1 is 1.11 bits per heavy atom. The van der Waals surface area contributed by atoms with Gasteiger partial charge in [0.25, 0.3) is 0 Å². The van der Waals surface area contributed by atoms with Gasteiger partial charge < -0.3 is 14.8 Å². The lowest BCUT2D eigenvalue weighted by molar-refractivity contribution is -0.121. The Morgan fingerprint density at radius 3 is 2.56 bits per heavy atom. The fourth-order valence-electron chi connectivity index (χ4n) is 3.56. The summed E-state index contributed by atoms with van der Waals surface area (Å²) in [5, 5.41) is 3.02. The third-order valence-corrected chi connectivity index (χ3v) is 5.11.